The largest absolute Gasteiger partial charge is 0.494 e. The van der Waals surface area contributed by atoms with Crippen LogP contribution in [0.25, 0.3) is 0 Å². The van der Waals surface area contributed by atoms with Crippen molar-refractivity contribution in [1.29, 1.82) is 0 Å². The van der Waals surface area contributed by atoms with Gasteiger partial charge in [-0.2, -0.15) is 10.2 Å². The van der Waals surface area contributed by atoms with Crippen LogP contribution in [0.2, 0.25) is 0 Å². The summed E-state index contributed by atoms with van der Waals surface area (Å²) in [6.07, 6.45) is 1.01. The van der Waals surface area contributed by atoms with Crippen LogP contribution < -0.4 is 4.74 Å². The quantitative estimate of drug-likeness (QED) is 0.685. The molecule has 0 aliphatic rings. The van der Waals surface area contributed by atoms with Gasteiger partial charge in [0, 0.05) is 0 Å². The van der Waals surface area contributed by atoms with Crippen molar-refractivity contribution in [3.05, 3.63) is 54.6 Å². The molecule has 0 fully saturated rings. The summed E-state index contributed by atoms with van der Waals surface area (Å²) < 4.78 is 5.50. The van der Waals surface area contributed by atoms with Gasteiger partial charge in [0.25, 0.3) is 0 Å². The molecule has 0 bridgehead atoms. The van der Waals surface area contributed by atoms with Crippen LogP contribution in [-0.4, -0.2) is 6.61 Å². The summed E-state index contributed by atoms with van der Waals surface area (Å²) in [7, 11) is 0. The lowest BCUT2D eigenvalue weighted by Gasteiger charge is -2.03. The highest BCUT2D eigenvalue weighted by Gasteiger charge is 1.94. The van der Waals surface area contributed by atoms with E-state index in [1.165, 1.54) is 0 Å². The number of hydrogen-bond donors (Lipinski definition) is 0. The van der Waals surface area contributed by atoms with Gasteiger partial charge in [-0.3, -0.25) is 0 Å². The Morgan fingerprint density at radius 3 is 2.06 bits per heavy atom. The first kappa shape index (κ1) is 12.3. The standard InChI is InChI=1S/C15H16N2O/c1-2-12-18-15-10-8-14(9-11-15)17-16-13-6-4-3-5-7-13/h3-11H,2,12H2,1H3. The predicted octanol–water partition coefficient (Wildman–Crippen LogP) is 4.89. The molecule has 0 spiro atoms. The molecule has 0 saturated heterocycles. The minimum Gasteiger partial charge on any atom is -0.494 e. The van der Waals surface area contributed by atoms with Crippen LogP contribution in [0.15, 0.2) is 64.8 Å². The van der Waals surface area contributed by atoms with Gasteiger partial charge in [0.15, 0.2) is 0 Å². The Bertz CT molecular complexity index is 492. The number of rotatable bonds is 5. The lowest BCUT2D eigenvalue weighted by atomic mass is 10.3. The Labute approximate surface area is 107 Å². The van der Waals surface area contributed by atoms with E-state index in [0.29, 0.717) is 0 Å². The van der Waals surface area contributed by atoms with E-state index in [-0.39, 0.29) is 0 Å². The Balaban J connectivity index is 2.00. The minimum absolute atomic E-state index is 0.741. The minimum atomic E-state index is 0.741. The Kier molecular flexibility index (Phi) is 4.47. The maximum Gasteiger partial charge on any atom is 0.119 e. The summed E-state index contributed by atoms with van der Waals surface area (Å²) in [6.45, 7) is 2.83. The predicted molar refractivity (Wildman–Crippen MR) is 72.8 cm³/mol. The maximum absolute atomic E-state index is 5.50. The topological polar surface area (TPSA) is 34.0 Å². The van der Waals surface area contributed by atoms with Crippen LogP contribution in [0.1, 0.15) is 13.3 Å². The molecule has 0 unspecified atom stereocenters. The van der Waals surface area contributed by atoms with E-state index in [1.807, 2.05) is 54.6 Å². The Morgan fingerprint density at radius 1 is 0.833 bits per heavy atom. The van der Waals surface area contributed by atoms with E-state index < -0.39 is 0 Å². The van der Waals surface area contributed by atoms with E-state index >= 15 is 0 Å². The summed E-state index contributed by atoms with van der Waals surface area (Å²) in [5, 5.41) is 8.32. The van der Waals surface area contributed by atoms with E-state index in [0.717, 1.165) is 30.2 Å². The van der Waals surface area contributed by atoms with Gasteiger partial charge in [-0.05, 0) is 42.8 Å². The van der Waals surface area contributed by atoms with Crippen LogP contribution in [-0.2, 0) is 0 Å². The summed E-state index contributed by atoms with van der Waals surface area (Å²) in [5.41, 5.74) is 1.67. The lowest BCUT2D eigenvalue weighted by molar-refractivity contribution is 0.317. The van der Waals surface area contributed by atoms with Crippen LogP contribution in [0.3, 0.4) is 0 Å². The lowest BCUT2D eigenvalue weighted by Crippen LogP contribution is -1.93. The molecule has 0 amide bonds. The van der Waals surface area contributed by atoms with Crippen LogP contribution in [0, 0.1) is 0 Å². The number of hydrogen-bond acceptors (Lipinski definition) is 3. The molecule has 3 nitrogen and oxygen atoms in total. The molecule has 0 aliphatic heterocycles. The first-order chi connectivity index (χ1) is 8.88. The molecule has 2 aromatic carbocycles. The van der Waals surface area contributed by atoms with Gasteiger partial charge in [-0.25, -0.2) is 0 Å². The average molecular weight is 240 g/mol. The molecule has 2 aromatic rings. The van der Waals surface area contributed by atoms with Crippen molar-refractivity contribution in [2.75, 3.05) is 6.61 Å². The molecule has 3 heteroatoms. The second-order valence-corrected chi connectivity index (χ2v) is 3.88. The molecule has 0 aliphatic carbocycles. The molecule has 0 heterocycles. The number of azo groups is 1. The molecule has 92 valence electrons. The monoisotopic (exact) mass is 240 g/mol. The molecule has 0 aromatic heterocycles. The van der Waals surface area contributed by atoms with Gasteiger partial charge < -0.3 is 4.74 Å². The highest BCUT2D eigenvalue weighted by molar-refractivity contribution is 5.42. The molecule has 0 atom stereocenters. The van der Waals surface area contributed by atoms with Crippen molar-refractivity contribution >= 4 is 11.4 Å². The number of ether oxygens (including phenoxy) is 1. The van der Waals surface area contributed by atoms with Crippen molar-refractivity contribution in [2.24, 2.45) is 10.2 Å². The van der Waals surface area contributed by atoms with Gasteiger partial charge in [0.05, 0.1) is 18.0 Å². The fourth-order valence-electron chi connectivity index (χ4n) is 1.44. The zero-order valence-corrected chi connectivity index (χ0v) is 10.4. The second-order valence-electron chi connectivity index (χ2n) is 3.88. The maximum atomic E-state index is 5.50. The average Bonchev–Trinajstić information content (AvgIpc) is 2.45. The molecular weight excluding hydrogens is 224 g/mol. The van der Waals surface area contributed by atoms with E-state index in [9.17, 15) is 0 Å². The van der Waals surface area contributed by atoms with Gasteiger partial charge in [0.2, 0.25) is 0 Å². The van der Waals surface area contributed by atoms with Crippen LogP contribution in [0.4, 0.5) is 11.4 Å². The molecule has 0 N–H and O–H groups in total. The van der Waals surface area contributed by atoms with Gasteiger partial charge in [-0.1, -0.05) is 25.1 Å². The van der Waals surface area contributed by atoms with E-state index in [2.05, 4.69) is 17.2 Å². The third kappa shape index (κ3) is 3.70. The summed E-state index contributed by atoms with van der Waals surface area (Å²) >= 11 is 0. The summed E-state index contributed by atoms with van der Waals surface area (Å²) in [4.78, 5) is 0. The van der Waals surface area contributed by atoms with Crippen molar-refractivity contribution in [1.82, 2.24) is 0 Å². The molecule has 0 radical (unpaired) electrons. The SMILES string of the molecule is CCCOc1ccc(N=Nc2ccccc2)cc1. The van der Waals surface area contributed by atoms with Gasteiger partial charge >= 0.3 is 0 Å². The first-order valence-electron chi connectivity index (χ1n) is 6.08. The number of benzene rings is 2. The zero-order valence-electron chi connectivity index (χ0n) is 10.4. The van der Waals surface area contributed by atoms with Crippen molar-refractivity contribution in [3.63, 3.8) is 0 Å². The van der Waals surface area contributed by atoms with Crippen molar-refractivity contribution in [2.45, 2.75) is 13.3 Å². The van der Waals surface area contributed by atoms with Crippen LogP contribution in [0.5, 0.6) is 5.75 Å². The third-order valence-electron chi connectivity index (χ3n) is 2.35. The van der Waals surface area contributed by atoms with Gasteiger partial charge in [0.1, 0.15) is 5.75 Å². The fourth-order valence-corrected chi connectivity index (χ4v) is 1.44. The summed E-state index contributed by atoms with van der Waals surface area (Å²) in [5.74, 6) is 0.871. The van der Waals surface area contributed by atoms with Crippen LogP contribution >= 0.6 is 0 Å². The summed E-state index contributed by atoms with van der Waals surface area (Å²) in [6, 6.07) is 17.3. The number of nitrogens with zero attached hydrogens (tertiary/aromatic N) is 2. The van der Waals surface area contributed by atoms with Crippen molar-refractivity contribution in [3.8, 4) is 5.75 Å². The Hall–Kier alpha value is -2.16. The smallest absolute Gasteiger partial charge is 0.119 e. The zero-order chi connectivity index (χ0) is 12.6. The molecular formula is C15H16N2O. The Morgan fingerprint density at radius 2 is 1.44 bits per heavy atom. The highest BCUT2D eigenvalue weighted by atomic mass is 16.5. The molecule has 18 heavy (non-hydrogen) atoms. The second kappa shape index (κ2) is 6.55. The third-order valence-corrected chi connectivity index (χ3v) is 2.35. The van der Waals surface area contributed by atoms with Crippen molar-refractivity contribution < 1.29 is 4.74 Å². The fraction of sp³-hybridized carbons (Fsp3) is 0.200. The highest BCUT2D eigenvalue weighted by Crippen LogP contribution is 2.21. The first-order valence-corrected chi connectivity index (χ1v) is 6.08. The van der Waals surface area contributed by atoms with E-state index in [1.54, 1.807) is 0 Å². The molecule has 2 rings (SSSR count). The van der Waals surface area contributed by atoms with Gasteiger partial charge in [-0.15, -0.1) is 0 Å². The molecule has 0 saturated carbocycles. The normalized spacial score (nSPS) is 10.7. The van der Waals surface area contributed by atoms with E-state index in [4.69, 9.17) is 4.74 Å².